The van der Waals surface area contributed by atoms with Gasteiger partial charge in [0.25, 0.3) is 0 Å². The Balaban J connectivity index is 1.66. The lowest BCUT2D eigenvalue weighted by Gasteiger charge is -2.29. The van der Waals surface area contributed by atoms with Gasteiger partial charge in [0.15, 0.2) is 5.11 Å². The largest absolute Gasteiger partial charge is 0.351 e. The molecule has 0 aliphatic carbocycles. The maximum absolute atomic E-state index is 11.8. The van der Waals surface area contributed by atoms with Crippen molar-refractivity contribution >= 4 is 54.7 Å². The van der Waals surface area contributed by atoms with Gasteiger partial charge >= 0.3 is 0 Å². The first-order valence-corrected chi connectivity index (χ1v) is 15.2. The van der Waals surface area contributed by atoms with Crippen molar-refractivity contribution in [3.63, 3.8) is 0 Å². The average molecular weight is 611 g/mol. The van der Waals surface area contributed by atoms with Gasteiger partial charge in [0, 0.05) is 27.7 Å². The van der Waals surface area contributed by atoms with Gasteiger partial charge in [-0.1, -0.05) is 18.2 Å². The van der Waals surface area contributed by atoms with E-state index in [4.69, 9.17) is 12.2 Å². The lowest BCUT2D eigenvalue weighted by atomic mass is 9.96. The molecule has 5 rings (SSSR count). The zero-order valence-electron chi connectivity index (χ0n) is 21.4. The topological polar surface area (TPSA) is 79.3 Å². The maximum atomic E-state index is 11.8. The molecule has 0 amide bonds. The van der Waals surface area contributed by atoms with Crippen LogP contribution < -0.4 is 14.9 Å². The molecule has 0 bridgehead atoms. The lowest BCUT2D eigenvalue weighted by Crippen LogP contribution is -2.29. The van der Waals surface area contributed by atoms with E-state index in [-0.39, 0.29) is 12.1 Å². The van der Waals surface area contributed by atoms with Crippen molar-refractivity contribution in [3.8, 4) is 5.69 Å². The smallest absolute Gasteiger partial charge is 0.229 e. The molecule has 7 nitrogen and oxygen atoms in total. The number of sulfonamides is 1. The Morgan fingerprint density at radius 1 is 1.03 bits per heavy atom. The van der Waals surface area contributed by atoms with E-state index in [1.165, 1.54) is 0 Å². The number of aromatic nitrogens is 2. The summed E-state index contributed by atoms with van der Waals surface area (Å²) in [5.41, 5.74) is 7.49. The number of nitrogens with one attached hydrogen (secondary N) is 2. The molecule has 0 spiro atoms. The minimum absolute atomic E-state index is 0.187. The molecule has 2 aromatic heterocycles. The van der Waals surface area contributed by atoms with Gasteiger partial charge in [-0.05, 0) is 109 Å². The second-order valence-corrected chi connectivity index (χ2v) is 12.5. The zero-order valence-corrected chi connectivity index (χ0v) is 24.7. The highest BCUT2D eigenvalue weighted by atomic mass is 79.9. The van der Waals surface area contributed by atoms with E-state index >= 15 is 0 Å². The molecule has 0 unspecified atom stereocenters. The predicted molar refractivity (Wildman–Crippen MR) is 161 cm³/mol. The number of pyridine rings is 1. The van der Waals surface area contributed by atoms with Crippen LogP contribution in [0.25, 0.3) is 5.69 Å². The van der Waals surface area contributed by atoms with Crippen molar-refractivity contribution in [1.29, 1.82) is 0 Å². The van der Waals surface area contributed by atoms with Gasteiger partial charge in [0.2, 0.25) is 10.0 Å². The van der Waals surface area contributed by atoms with E-state index in [1.54, 1.807) is 12.3 Å². The van der Waals surface area contributed by atoms with E-state index in [2.05, 4.69) is 66.4 Å². The highest BCUT2D eigenvalue weighted by Crippen LogP contribution is 2.44. The van der Waals surface area contributed by atoms with Crippen molar-refractivity contribution in [3.05, 3.63) is 106 Å². The number of thiocarbonyl (C=S) groups is 1. The Bertz CT molecular complexity index is 1640. The first kappa shape index (κ1) is 26.4. The Kier molecular flexibility index (Phi) is 7.06. The minimum atomic E-state index is -3.40. The van der Waals surface area contributed by atoms with Crippen LogP contribution >= 0.6 is 28.1 Å². The number of hydrogen-bond donors (Lipinski definition) is 2. The van der Waals surface area contributed by atoms with Crippen LogP contribution in [-0.2, 0) is 10.0 Å². The normalized spacial score (nSPS) is 17.5. The van der Waals surface area contributed by atoms with E-state index in [0.717, 1.165) is 50.3 Å². The zero-order chi connectivity index (χ0) is 27.2. The van der Waals surface area contributed by atoms with Crippen LogP contribution in [-0.4, -0.2) is 29.3 Å². The monoisotopic (exact) mass is 609 g/mol. The Labute approximate surface area is 237 Å². The molecule has 1 saturated heterocycles. The molecule has 1 aliphatic rings. The number of aryl methyl sites for hydroxylation is 2. The first-order chi connectivity index (χ1) is 18.0. The second-order valence-electron chi connectivity index (χ2n) is 9.48. The van der Waals surface area contributed by atoms with Crippen LogP contribution in [0.1, 0.15) is 40.3 Å². The van der Waals surface area contributed by atoms with E-state index in [1.807, 2.05) is 55.5 Å². The van der Waals surface area contributed by atoms with Crippen molar-refractivity contribution in [2.45, 2.75) is 32.9 Å². The molecule has 10 heteroatoms. The van der Waals surface area contributed by atoms with Crippen molar-refractivity contribution < 1.29 is 8.42 Å². The summed E-state index contributed by atoms with van der Waals surface area (Å²) in [5.74, 6) is 0. The Morgan fingerprint density at radius 3 is 2.42 bits per heavy atom. The summed E-state index contributed by atoms with van der Waals surface area (Å²) in [7, 11) is -3.40. The van der Waals surface area contributed by atoms with Crippen LogP contribution in [0.2, 0.25) is 0 Å². The number of benzene rings is 2. The molecule has 0 radical (unpaired) electrons. The first-order valence-electron chi connectivity index (χ1n) is 12.1. The summed E-state index contributed by atoms with van der Waals surface area (Å²) in [5, 5.41) is 4.09. The predicted octanol–water partition coefficient (Wildman–Crippen LogP) is 6.11. The molecule has 1 aliphatic heterocycles. The molecular formula is C28H28BrN5O2S2. The van der Waals surface area contributed by atoms with Gasteiger partial charge < -0.3 is 14.8 Å². The van der Waals surface area contributed by atoms with Crippen LogP contribution in [0.5, 0.6) is 0 Å². The van der Waals surface area contributed by atoms with E-state index in [0.29, 0.717) is 10.8 Å². The van der Waals surface area contributed by atoms with Crippen LogP contribution in [0, 0.1) is 20.8 Å². The molecule has 2 N–H and O–H groups in total. The molecule has 196 valence electrons. The van der Waals surface area contributed by atoms with Crippen molar-refractivity contribution in [2.75, 3.05) is 15.9 Å². The Hall–Kier alpha value is -3.21. The highest BCUT2D eigenvalue weighted by Gasteiger charge is 2.42. The van der Waals surface area contributed by atoms with Crippen molar-refractivity contribution in [2.24, 2.45) is 0 Å². The fourth-order valence-corrected chi connectivity index (χ4v) is 6.59. The van der Waals surface area contributed by atoms with E-state index < -0.39 is 10.0 Å². The summed E-state index contributed by atoms with van der Waals surface area (Å²) < 4.78 is 29.5. The molecule has 4 aromatic rings. The maximum Gasteiger partial charge on any atom is 0.229 e. The molecule has 2 atom stereocenters. The molecule has 3 heterocycles. The summed E-state index contributed by atoms with van der Waals surface area (Å²) in [4.78, 5) is 6.77. The Morgan fingerprint density at radius 2 is 1.76 bits per heavy atom. The standard InChI is InChI=1S/C28H28BrN5O2S2/c1-17-15-20(12-13-23(17)32-38(4,35)36)34-27(26(31-28(34)37)24-10-7-8-14-30-24)21-16-18(2)33(19(21)3)25-11-6-5-9-22(25)29/h5-16,26-27,32H,1-4H3,(H,31,37)/t26-,27+/m1/s1. The number of rotatable bonds is 6. The summed E-state index contributed by atoms with van der Waals surface area (Å²) in [6, 6.07) is 21.5. The molecule has 2 aromatic carbocycles. The third-order valence-corrected chi connectivity index (χ3v) is 8.34. The number of para-hydroxylation sites is 1. The molecule has 0 saturated carbocycles. The minimum Gasteiger partial charge on any atom is -0.351 e. The SMILES string of the molecule is Cc1cc(N2C(=S)N[C@H](c3ccccn3)[C@@H]2c2cc(C)n(-c3ccccc3Br)c2C)ccc1NS(C)(=O)=O. The second kappa shape index (κ2) is 10.2. The van der Waals surface area contributed by atoms with Gasteiger partial charge in [-0.15, -0.1) is 0 Å². The fourth-order valence-electron chi connectivity index (χ4n) is 5.15. The van der Waals surface area contributed by atoms with Gasteiger partial charge in [-0.3, -0.25) is 9.71 Å². The third kappa shape index (κ3) is 4.95. The van der Waals surface area contributed by atoms with Gasteiger partial charge in [-0.2, -0.15) is 0 Å². The summed E-state index contributed by atoms with van der Waals surface area (Å²) in [6.45, 7) is 6.11. The molecular weight excluding hydrogens is 582 g/mol. The number of halogens is 1. The lowest BCUT2D eigenvalue weighted by molar-refractivity contribution is 0.565. The van der Waals surface area contributed by atoms with Crippen LogP contribution in [0.15, 0.2) is 77.4 Å². The third-order valence-electron chi connectivity index (χ3n) is 6.76. The van der Waals surface area contributed by atoms with Gasteiger partial charge in [0.05, 0.1) is 35.4 Å². The number of anilines is 2. The molecule has 1 fully saturated rings. The summed E-state index contributed by atoms with van der Waals surface area (Å²) >= 11 is 9.61. The average Bonchev–Trinajstić information content (AvgIpc) is 3.36. The van der Waals surface area contributed by atoms with E-state index in [9.17, 15) is 8.42 Å². The number of hydrogen-bond acceptors (Lipinski definition) is 4. The molecule has 38 heavy (non-hydrogen) atoms. The van der Waals surface area contributed by atoms with Crippen LogP contribution in [0.4, 0.5) is 11.4 Å². The van der Waals surface area contributed by atoms with Crippen LogP contribution in [0.3, 0.4) is 0 Å². The van der Waals surface area contributed by atoms with Gasteiger partial charge in [0.1, 0.15) is 0 Å². The quantitative estimate of drug-likeness (QED) is 0.257. The fraction of sp³-hybridized carbons (Fsp3) is 0.214. The summed E-state index contributed by atoms with van der Waals surface area (Å²) in [6.07, 6.45) is 2.94. The van der Waals surface area contributed by atoms with Gasteiger partial charge in [-0.25, -0.2) is 8.42 Å². The van der Waals surface area contributed by atoms with Crippen molar-refractivity contribution in [1.82, 2.24) is 14.9 Å². The highest BCUT2D eigenvalue weighted by molar-refractivity contribution is 9.10. The number of nitrogens with zero attached hydrogens (tertiary/aromatic N) is 3.